The molecule has 1 heterocycles. The molecule has 1 amide bonds. The average molecular weight is 262 g/mol. The number of amides is 1. The molecule has 2 aromatic rings. The monoisotopic (exact) mass is 262 g/mol. The molecule has 2 rings (SSSR count). The molecule has 1 unspecified atom stereocenters. The number of aromatic nitrogens is 1. The van der Waals surface area contributed by atoms with Crippen LogP contribution < -0.4 is 10.1 Å². The Bertz CT molecular complexity index is 485. The zero-order valence-corrected chi connectivity index (χ0v) is 10.8. The molecule has 1 N–H and O–H groups in total. The quantitative estimate of drug-likeness (QED) is 0.919. The highest BCUT2D eigenvalue weighted by molar-refractivity contribution is 7.09. The van der Waals surface area contributed by atoms with Gasteiger partial charge < -0.3 is 10.1 Å². The number of carbonyl (C=O) groups excluding carboxylic acids is 1. The number of nitrogens with zero attached hydrogens (tertiary/aromatic N) is 1. The fraction of sp³-hybridized carbons (Fsp3) is 0.231. The predicted octanol–water partition coefficient (Wildman–Crippen LogP) is 3.38. The molecule has 1 aromatic carbocycles. The third-order valence-electron chi connectivity index (χ3n) is 2.40. The van der Waals surface area contributed by atoms with Gasteiger partial charge in [0.2, 0.25) is 0 Å². The summed E-state index contributed by atoms with van der Waals surface area (Å²) in [5, 5.41) is 5.59. The number of benzene rings is 1. The van der Waals surface area contributed by atoms with Crippen LogP contribution in [0.4, 0.5) is 4.79 Å². The van der Waals surface area contributed by atoms with E-state index in [9.17, 15) is 4.79 Å². The van der Waals surface area contributed by atoms with Gasteiger partial charge >= 0.3 is 6.09 Å². The summed E-state index contributed by atoms with van der Waals surface area (Å²) in [6.07, 6.45) is 2.05. The Morgan fingerprint density at radius 2 is 2.22 bits per heavy atom. The first-order valence-corrected chi connectivity index (χ1v) is 6.60. The molecule has 0 fully saturated rings. The standard InChI is InChI=1S/C13H14N2O2S/c1-2-11(12-14-8-9-18-12)15-13(16)17-10-6-4-3-5-7-10/h3-9,11H,2H2,1H3,(H,15,16). The number of hydrogen-bond acceptors (Lipinski definition) is 4. The summed E-state index contributed by atoms with van der Waals surface area (Å²) in [4.78, 5) is 15.9. The highest BCUT2D eigenvalue weighted by atomic mass is 32.1. The minimum Gasteiger partial charge on any atom is -0.410 e. The fourth-order valence-electron chi connectivity index (χ4n) is 1.51. The van der Waals surface area contributed by atoms with Crippen molar-refractivity contribution in [3.05, 3.63) is 46.9 Å². The van der Waals surface area contributed by atoms with Gasteiger partial charge in [-0.3, -0.25) is 0 Å². The number of para-hydroxylation sites is 1. The largest absolute Gasteiger partial charge is 0.413 e. The zero-order chi connectivity index (χ0) is 12.8. The van der Waals surface area contributed by atoms with Crippen molar-refractivity contribution < 1.29 is 9.53 Å². The third-order valence-corrected chi connectivity index (χ3v) is 3.29. The van der Waals surface area contributed by atoms with E-state index in [4.69, 9.17) is 4.74 Å². The van der Waals surface area contributed by atoms with Crippen molar-refractivity contribution in [3.8, 4) is 5.75 Å². The molecule has 0 spiro atoms. The van der Waals surface area contributed by atoms with Crippen LogP contribution in [-0.4, -0.2) is 11.1 Å². The zero-order valence-electron chi connectivity index (χ0n) is 10.00. The van der Waals surface area contributed by atoms with Crippen molar-refractivity contribution in [2.75, 3.05) is 0 Å². The van der Waals surface area contributed by atoms with Crippen LogP contribution in [0.3, 0.4) is 0 Å². The fourth-order valence-corrected chi connectivity index (χ4v) is 2.29. The average Bonchev–Trinajstić information content (AvgIpc) is 2.91. The van der Waals surface area contributed by atoms with Gasteiger partial charge in [-0.25, -0.2) is 9.78 Å². The second-order valence-corrected chi connectivity index (χ2v) is 4.60. The minimum absolute atomic E-state index is 0.0961. The predicted molar refractivity (Wildman–Crippen MR) is 70.7 cm³/mol. The van der Waals surface area contributed by atoms with Crippen LogP contribution >= 0.6 is 11.3 Å². The molecule has 1 atom stereocenters. The van der Waals surface area contributed by atoms with Gasteiger partial charge in [0.1, 0.15) is 10.8 Å². The maximum Gasteiger partial charge on any atom is 0.413 e. The molecule has 0 aliphatic heterocycles. The van der Waals surface area contributed by atoms with Crippen LogP contribution in [0.1, 0.15) is 24.4 Å². The van der Waals surface area contributed by atoms with Crippen LogP contribution in [0.15, 0.2) is 41.9 Å². The Kier molecular flexibility index (Phi) is 4.30. The van der Waals surface area contributed by atoms with E-state index < -0.39 is 6.09 Å². The highest BCUT2D eigenvalue weighted by Crippen LogP contribution is 2.19. The Labute approximate surface area is 110 Å². The second-order valence-electron chi connectivity index (χ2n) is 3.68. The first kappa shape index (κ1) is 12.6. The Morgan fingerprint density at radius 3 is 2.83 bits per heavy atom. The second kappa shape index (κ2) is 6.16. The van der Waals surface area contributed by atoms with E-state index in [0.29, 0.717) is 5.75 Å². The van der Waals surface area contributed by atoms with Gasteiger partial charge in [0, 0.05) is 11.6 Å². The van der Waals surface area contributed by atoms with E-state index in [0.717, 1.165) is 11.4 Å². The normalized spacial score (nSPS) is 11.8. The van der Waals surface area contributed by atoms with E-state index in [2.05, 4.69) is 10.3 Å². The Morgan fingerprint density at radius 1 is 1.44 bits per heavy atom. The third kappa shape index (κ3) is 3.30. The highest BCUT2D eigenvalue weighted by Gasteiger charge is 2.15. The summed E-state index contributed by atoms with van der Waals surface area (Å²) < 4.78 is 5.17. The molecule has 4 nitrogen and oxygen atoms in total. The van der Waals surface area contributed by atoms with Crippen molar-refractivity contribution in [2.24, 2.45) is 0 Å². The molecule has 1 aromatic heterocycles. The summed E-state index contributed by atoms with van der Waals surface area (Å²) >= 11 is 1.52. The van der Waals surface area contributed by atoms with Crippen molar-refractivity contribution in [1.29, 1.82) is 0 Å². The van der Waals surface area contributed by atoms with Crippen molar-refractivity contribution in [2.45, 2.75) is 19.4 Å². The topological polar surface area (TPSA) is 51.2 Å². The van der Waals surface area contributed by atoms with Crippen LogP contribution in [0.25, 0.3) is 0 Å². The SMILES string of the molecule is CCC(NC(=O)Oc1ccccc1)c1nccs1. The lowest BCUT2D eigenvalue weighted by Crippen LogP contribution is -2.30. The van der Waals surface area contributed by atoms with E-state index in [-0.39, 0.29) is 6.04 Å². The maximum atomic E-state index is 11.7. The Hall–Kier alpha value is -1.88. The molecule has 0 radical (unpaired) electrons. The smallest absolute Gasteiger partial charge is 0.410 e. The first-order chi connectivity index (χ1) is 8.79. The lowest BCUT2D eigenvalue weighted by atomic mass is 10.2. The van der Waals surface area contributed by atoms with Crippen molar-refractivity contribution in [1.82, 2.24) is 10.3 Å². The molecular weight excluding hydrogens is 248 g/mol. The van der Waals surface area contributed by atoms with Gasteiger partial charge in [-0.1, -0.05) is 25.1 Å². The first-order valence-electron chi connectivity index (χ1n) is 5.72. The lowest BCUT2D eigenvalue weighted by molar-refractivity contribution is 0.195. The number of ether oxygens (including phenoxy) is 1. The van der Waals surface area contributed by atoms with Crippen LogP contribution in [0.2, 0.25) is 0 Å². The van der Waals surface area contributed by atoms with Gasteiger partial charge in [-0.2, -0.15) is 0 Å². The number of rotatable bonds is 4. The molecular formula is C13H14N2O2S. The van der Waals surface area contributed by atoms with Gasteiger partial charge in [0.25, 0.3) is 0 Å². The minimum atomic E-state index is -0.455. The molecule has 0 aliphatic carbocycles. The Balaban J connectivity index is 1.94. The van der Waals surface area contributed by atoms with Gasteiger partial charge in [0.05, 0.1) is 6.04 Å². The van der Waals surface area contributed by atoms with Crippen LogP contribution in [0.5, 0.6) is 5.75 Å². The molecule has 0 saturated heterocycles. The molecule has 94 valence electrons. The number of nitrogens with one attached hydrogen (secondary N) is 1. The molecule has 18 heavy (non-hydrogen) atoms. The number of hydrogen-bond donors (Lipinski definition) is 1. The van der Waals surface area contributed by atoms with Gasteiger partial charge in [-0.15, -0.1) is 11.3 Å². The molecule has 0 aliphatic rings. The summed E-state index contributed by atoms with van der Waals surface area (Å²) in [5.41, 5.74) is 0. The molecule has 5 heteroatoms. The number of thiazole rings is 1. The lowest BCUT2D eigenvalue weighted by Gasteiger charge is -2.14. The van der Waals surface area contributed by atoms with E-state index in [1.54, 1.807) is 18.3 Å². The summed E-state index contributed by atoms with van der Waals surface area (Å²) in [6, 6.07) is 8.89. The summed E-state index contributed by atoms with van der Waals surface area (Å²) in [7, 11) is 0. The van der Waals surface area contributed by atoms with Crippen molar-refractivity contribution in [3.63, 3.8) is 0 Å². The summed E-state index contributed by atoms with van der Waals surface area (Å²) in [5.74, 6) is 0.531. The maximum absolute atomic E-state index is 11.7. The molecule has 0 bridgehead atoms. The van der Waals surface area contributed by atoms with Crippen LogP contribution in [-0.2, 0) is 0 Å². The molecule has 0 saturated carbocycles. The van der Waals surface area contributed by atoms with Gasteiger partial charge in [0.15, 0.2) is 0 Å². The number of carbonyl (C=O) groups is 1. The van der Waals surface area contributed by atoms with Crippen molar-refractivity contribution >= 4 is 17.4 Å². The van der Waals surface area contributed by atoms with E-state index >= 15 is 0 Å². The summed E-state index contributed by atoms with van der Waals surface area (Å²) in [6.45, 7) is 1.99. The van der Waals surface area contributed by atoms with Gasteiger partial charge in [-0.05, 0) is 18.6 Å². The van der Waals surface area contributed by atoms with E-state index in [1.165, 1.54) is 11.3 Å². The van der Waals surface area contributed by atoms with Crippen LogP contribution in [0, 0.1) is 0 Å². The van der Waals surface area contributed by atoms with E-state index in [1.807, 2.05) is 30.5 Å².